The fourth-order valence-corrected chi connectivity index (χ4v) is 3.91. The van der Waals surface area contributed by atoms with Crippen LogP contribution in [0.3, 0.4) is 0 Å². The number of nitrogens with zero attached hydrogens (tertiary/aromatic N) is 2. The van der Waals surface area contributed by atoms with E-state index in [4.69, 9.17) is 0 Å². The van der Waals surface area contributed by atoms with Gasteiger partial charge in [-0.2, -0.15) is 0 Å². The summed E-state index contributed by atoms with van der Waals surface area (Å²) in [4.78, 5) is 17.1. The Labute approximate surface area is 151 Å². The molecule has 2 aliphatic heterocycles. The van der Waals surface area contributed by atoms with Gasteiger partial charge in [0, 0.05) is 50.5 Å². The van der Waals surface area contributed by atoms with E-state index < -0.39 is 0 Å². The van der Waals surface area contributed by atoms with Gasteiger partial charge in [0.25, 0.3) is 0 Å². The first kappa shape index (κ1) is 18.1. The van der Waals surface area contributed by atoms with E-state index in [1.807, 2.05) is 0 Å². The van der Waals surface area contributed by atoms with Crippen molar-refractivity contribution in [3.63, 3.8) is 0 Å². The van der Waals surface area contributed by atoms with Crippen LogP contribution in [0.2, 0.25) is 0 Å². The van der Waals surface area contributed by atoms with Crippen molar-refractivity contribution in [2.24, 2.45) is 5.92 Å². The molecular weight excluding hydrogens is 312 g/mol. The number of likely N-dealkylation sites (tertiary alicyclic amines) is 1. The molecule has 3 rings (SSSR count). The molecule has 2 N–H and O–H groups in total. The first-order chi connectivity index (χ1) is 12.1. The molecule has 0 saturated carbocycles. The quantitative estimate of drug-likeness (QED) is 0.863. The Hall–Kier alpha value is -1.75. The first-order valence-electron chi connectivity index (χ1n) is 9.70. The number of piperidine rings is 1. The van der Waals surface area contributed by atoms with Crippen LogP contribution >= 0.6 is 0 Å². The molecule has 0 bridgehead atoms. The topological polar surface area (TPSA) is 47.6 Å². The largest absolute Gasteiger partial charge is 0.371 e. The van der Waals surface area contributed by atoms with Crippen molar-refractivity contribution in [2.45, 2.75) is 45.2 Å². The lowest BCUT2D eigenvalue weighted by atomic mass is 10.0. The molecule has 1 aromatic rings. The molecule has 138 valence electrons. The van der Waals surface area contributed by atoms with E-state index in [0.29, 0.717) is 18.0 Å². The molecule has 0 aliphatic carbocycles. The van der Waals surface area contributed by atoms with Gasteiger partial charge in [-0.15, -0.1) is 0 Å². The maximum atomic E-state index is 12.2. The van der Waals surface area contributed by atoms with Crippen molar-refractivity contribution >= 4 is 11.7 Å². The highest BCUT2D eigenvalue weighted by Gasteiger charge is 2.24. The summed E-state index contributed by atoms with van der Waals surface area (Å²) in [6.07, 6.45) is 3.25. The summed E-state index contributed by atoms with van der Waals surface area (Å²) in [5.74, 6) is 0.536. The Morgan fingerprint density at radius 3 is 2.52 bits per heavy atom. The lowest BCUT2D eigenvalue weighted by molar-refractivity contribution is 0.161. The molecule has 1 aromatic carbocycles. The molecule has 0 spiro atoms. The highest BCUT2D eigenvalue weighted by atomic mass is 16.2. The third-order valence-corrected chi connectivity index (χ3v) is 5.55. The summed E-state index contributed by atoms with van der Waals surface area (Å²) in [5, 5.41) is 6.24. The van der Waals surface area contributed by atoms with Gasteiger partial charge in [0.2, 0.25) is 0 Å². The Balaban J connectivity index is 1.35. The van der Waals surface area contributed by atoms with E-state index in [1.165, 1.54) is 5.69 Å². The molecule has 5 heteroatoms. The molecule has 5 nitrogen and oxygen atoms in total. The standard InChI is InChI=1S/C20H32N4O/c1-16(2)23-12-9-18(10-13-23)22-20(25)21-14-17-8-11-24(15-17)19-6-4-3-5-7-19/h3-7,16-18H,8-15H2,1-2H3,(H2,21,22,25)/t17-/m1/s1. The lowest BCUT2D eigenvalue weighted by Crippen LogP contribution is -2.49. The highest BCUT2D eigenvalue weighted by Crippen LogP contribution is 2.23. The Morgan fingerprint density at radius 1 is 1.12 bits per heavy atom. The molecule has 2 amide bonds. The molecule has 0 unspecified atom stereocenters. The number of para-hydroxylation sites is 1. The summed E-state index contributed by atoms with van der Waals surface area (Å²) in [7, 11) is 0. The average molecular weight is 345 g/mol. The number of rotatable bonds is 5. The number of anilines is 1. The monoisotopic (exact) mass is 344 g/mol. The van der Waals surface area contributed by atoms with Gasteiger partial charge in [0.1, 0.15) is 0 Å². The minimum absolute atomic E-state index is 0.00107. The first-order valence-corrected chi connectivity index (χ1v) is 9.70. The zero-order valence-corrected chi connectivity index (χ0v) is 15.6. The van der Waals surface area contributed by atoms with Gasteiger partial charge in [-0.25, -0.2) is 4.79 Å². The van der Waals surface area contributed by atoms with E-state index in [2.05, 4.69) is 64.6 Å². The van der Waals surface area contributed by atoms with Gasteiger partial charge >= 0.3 is 6.03 Å². The van der Waals surface area contributed by atoms with Gasteiger partial charge in [-0.1, -0.05) is 18.2 Å². The molecule has 2 saturated heterocycles. The van der Waals surface area contributed by atoms with Crippen molar-refractivity contribution in [3.8, 4) is 0 Å². The second-order valence-corrected chi connectivity index (χ2v) is 7.69. The number of carbonyl (C=O) groups is 1. The third-order valence-electron chi connectivity index (χ3n) is 5.55. The SMILES string of the molecule is CC(C)N1CCC(NC(=O)NC[C@H]2CCN(c3ccccc3)C2)CC1. The average Bonchev–Trinajstić information content (AvgIpc) is 3.10. The molecular formula is C20H32N4O. The lowest BCUT2D eigenvalue weighted by Gasteiger charge is -2.34. The van der Waals surface area contributed by atoms with Crippen molar-refractivity contribution in [1.82, 2.24) is 15.5 Å². The van der Waals surface area contributed by atoms with Gasteiger partial charge in [-0.3, -0.25) is 0 Å². The van der Waals surface area contributed by atoms with Gasteiger partial charge < -0.3 is 20.4 Å². The summed E-state index contributed by atoms with van der Waals surface area (Å²) in [6.45, 7) is 9.50. The van der Waals surface area contributed by atoms with Crippen molar-refractivity contribution < 1.29 is 4.79 Å². The van der Waals surface area contributed by atoms with Crippen molar-refractivity contribution in [3.05, 3.63) is 30.3 Å². The third kappa shape index (κ3) is 5.11. The zero-order chi connectivity index (χ0) is 17.6. The molecule has 0 aromatic heterocycles. The molecule has 1 atom stereocenters. The fraction of sp³-hybridized carbons (Fsp3) is 0.650. The maximum Gasteiger partial charge on any atom is 0.315 e. The van der Waals surface area contributed by atoms with E-state index in [0.717, 1.165) is 52.0 Å². The number of amides is 2. The minimum Gasteiger partial charge on any atom is -0.371 e. The van der Waals surface area contributed by atoms with E-state index in [9.17, 15) is 4.79 Å². The number of carbonyl (C=O) groups excluding carboxylic acids is 1. The van der Waals surface area contributed by atoms with Crippen LogP contribution in [0.15, 0.2) is 30.3 Å². The van der Waals surface area contributed by atoms with Crippen LogP contribution in [0, 0.1) is 5.92 Å². The van der Waals surface area contributed by atoms with Crippen LogP contribution in [0.5, 0.6) is 0 Å². The molecule has 0 radical (unpaired) electrons. The fourth-order valence-electron chi connectivity index (χ4n) is 3.91. The van der Waals surface area contributed by atoms with Crippen LogP contribution < -0.4 is 15.5 Å². The van der Waals surface area contributed by atoms with Crippen LogP contribution in [0.25, 0.3) is 0 Å². The van der Waals surface area contributed by atoms with Crippen LogP contribution in [0.1, 0.15) is 33.1 Å². The Kier molecular flexibility index (Phi) is 6.19. The maximum absolute atomic E-state index is 12.2. The Morgan fingerprint density at radius 2 is 1.84 bits per heavy atom. The van der Waals surface area contributed by atoms with Crippen LogP contribution in [-0.2, 0) is 0 Å². The predicted molar refractivity (Wildman–Crippen MR) is 103 cm³/mol. The smallest absolute Gasteiger partial charge is 0.315 e. The molecule has 2 aliphatic rings. The number of hydrogen-bond donors (Lipinski definition) is 2. The molecule has 2 heterocycles. The normalized spacial score (nSPS) is 22.4. The zero-order valence-electron chi connectivity index (χ0n) is 15.6. The number of nitrogens with one attached hydrogen (secondary N) is 2. The second kappa shape index (κ2) is 8.56. The van der Waals surface area contributed by atoms with Gasteiger partial charge in [0.05, 0.1) is 0 Å². The van der Waals surface area contributed by atoms with Crippen LogP contribution in [0.4, 0.5) is 10.5 Å². The van der Waals surface area contributed by atoms with Crippen molar-refractivity contribution in [1.29, 1.82) is 0 Å². The number of benzene rings is 1. The number of hydrogen-bond acceptors (Lipinski definition) is 3. The van der Waals surface area contributed by atoms with Gasteiger partial charge in [0.15, 0.2) is 0 Å². The summed E-state index contributed by atoms with van der Waals surface area (Å²) >= 11 is 0. The number of urea groups is 1. The second-order valence-electron chi connectivity index (χ2n) is 7.69. The Bertz CT molecular complexity index is 540. The van der Waals surface area contributed by atoms with E-state index >= 15 is 0 Å². The molecule has 2 fully saturated rings. The predicted octanol–water partition coefficient (Wildman–Crippen LogP) is 2.68. The summed E-state index contributed by atoms with van der Waals surface area (Å²) in [6, 6.07) is 11.5. The minimum atomic E-state index is 0.00107. The van der Waals surface area contributed by atoms with E-state index in [1.54, 1.807) is 0 Å². The highest BCUT2D eigenvalue weighted by molar-refractivity contribution is 5.74. The summed E-state index contributed by atoms with van der Waals surface area (Å²) < 4.78 is 0. The van der Waals surface area contributed by atoms with Crippen LogP contribution in [-0.4, -0.2) is 55.7 Å². The van der Waals surface area contributed by atoms with Crippen molar-refractivity contribution in [2.75, 3.05) is 37.6 Å². The van der Waals surface area contributed by atoms with E-state index in [-0.39, 0.29) is 6.03 Å². The summed E-state index contributed by atoms with van der Waals surface area (Å²) in [5.41, 5.74) is 1.28. The van der Waals surface area contributed by atoms with Gasteiger partial charge in [-0.05, 0) is 51.2 Å². The molecule has 25 heavy (non-hydrogen) atoms.